The van der Waals surface area contributed by atoms with Gasteiger partial charge in [-0.25, -0.2) is 14.4 Å². The minimum atomic E-state index is -0.275. The quantitative estimate of drug-likeness (QED) is 0.381. The van der Waals surface area contributed by atoms with Gasteiger partial charge in [0, 0.05) is 45.5 Å². The molecular weight excluding hydrogens is 369 g/mol. The number of nitrogens with one attached hydrogen (secondary N) is 2. The summed E-state index contributed by atoms with van der Waals surface area (Å²) in [5.74, 6) is 0.920. The van der Waals surface area contributed by atoms with Gasteiger partial charge >= 0.3 is 0 Å². The third-order valence-corrected chi connectivity index (χ3v) is 5.19. The van der Waals surface area contributed by atoms with Gasteiger partial charge in [-0.2, -0.15) is 0 Å². The fourth-order valence-electron chi connectivity index (χ4n) is 3.71. The summed E-state index contributed by atoms with van der Waals surface area (Å²) in [4.78, 5) is 14.9. The Morgan fingerprint density at radius 2 is 2.14 bits per heavy atom. The topological polar surface area (TPSA) is 70.4 Å². The molecule has 7 nitrogen and oxygen atoms in total. The summed E-state index contributed by atoms with van der Waals surface area (Å²) in [6, 6.07) is 11.4. The van der Waals surface area contributed by atoms with E-state index in [9.17, 15) is 4.39 Å². The molecule has 3 heterocycles. The Labute approximate surface area is 169 Å². The van der Waals surface area contributed by atoms with E-state index in [1.807, 2.05) is 29.4 Å². The number of aromatic nitrogens is 3. The maximum absolute atomic E-state index is 13.9. The lowest BCUT2D eigenvalue weighted by atomic mass is 10.3. The average molecular weight is 395 g/mol. The average Bonchev–Trinajstić information content (AvgIpc) is 3.38. The SMILES string of the molecule is CN=C(NCCCn1cnc2ccccc21)NC1CCN(c2ncccc2F)C1. The van der Waals surface area contributed by atoms with E-state index in [-0.39, 0.29) is 11.9 Å². The molecule has 29 heavy (non-hydrogen) atoms. The number of fused-ring (bicyclic) bond motifs is 1. The number of anilines is 1. The van der Waals surface area contributed by atoms with Gasteiger partial charge in [0.2, 0.25) is 0 Å². The fourth-order valence-corrected chi connectivity index (χ4v) is 3.71. The molecule has 1 fully saturated rings. The Bertz CT molecular complexity index is 984. The predicted molar refractivity (Wildman–Crippen MR) is 114 cm³/mol. The lowest BCUT2D eigenvalue weighted by molar-refractivity contribution is 0.608. The fraction of sp³-hybridized carbons (Fsp3) is 0.381. The van der Waals surface area contributed by atoms with Crippen molar-refractivity contribution in [2.75, 3.05) is 31.6 Å². The van der Waals surface area contributed by atoms with E-state index in [1.54, 1.807) is 19.3 Å². The Balaban J connectivity index is 1.23. The van der Waals surface area contributed by atoms with Crippen molar-refractivity contribution in [2.45, 2.75) is 25.4 Å². The number of hydrogen-bond donors (Lipinski definition) is 2. The van der Waals surface area contributed by atoms with Crippen molar-refractivity contribution in [3.05, 3.63) is 54.7 Å². The number of imidazole rings is 1. The van der Waals surface area contributed by atoms with Gasteiger partial charge in [0.15, 0.2) is 17.6 Å². The molecule has 2 aromatic heterocycles. The molecule has 0 radical (unpaired) electrons. The lowest BCUT2D eigenvalue weighted by Gasteiger charge is -2.20. The van der Waals surface area contributed by atoms with Crippen LogP contribution >= 0.6 is 0 Å². The van der Waals surface area contributed by atoms with Crippen LogP contribution in [0.3, 0.4) is 0 Å². The second-order valence-corrected chi connectivity index (χ2v) is 7.16. The number of para-hydroxylation sites is 2. The molecule has 1 aromatic carbocycles. The van der Waals surface area contributed by atoms with E-state index in [2.05, 4.69) is 36.2 Å². The number of aliphatic imine (C=N–C) groups is 1. The van der Waals surface area contributed by atoms with E-state index in [4.69, 9.17) is 0 Å². The van der Waals surface area contributed by atoms with Gasteiger partial charge in [0.05, 0.1) is 17.4 Å². The molecule has 0 bridgehead atoms. The first-order valence-corrected chi connectivity index (χ1v) is 9.97. The first kappa shape index (κ1) is 19.2. The molecule has 0 aliphatic carbocycles. The smallest absolute Gasteiger partial charge is 0.191 e. The molecule has 1 aliphatic rings. The highest BCUT2D eigenvalue weighted by Crippen LogP contribution is 2.20. The number of nitrogens with zero attached hydrogens (tertiary/aromatic N) is 5. The summed E-state index contributed by atoms with van der Waals surface area (Å²) in [6.45, 7) is 3.17. The highest BCUT2D eigenvalue weighted by molar-refractivity contribution is 5.80. The van der Waals surface area contributed by atoms with E-state index in [0.29, 0.717) is 12.4 Å². The molecular formula is C21H26FN7. The van der Waals surface area contributed by atoms with Crippen molar-refractivity contribution in [1.82, 2.24) is 25.2 Å². The van der Waals surface area contributed by atoms with E-state index in [0.717, 1.165) is 49.5 Å². The van der Waals surface area contributed by atoms with Crippen molar-refractivity contribution in [3.8, 4) is 0 Å². The second-order valence-electron chi connectivity index (χ2n) is 7.16. The maximum Gasteiger partial charge on any atom is 0.191 e. The van der Waals surface area contributed by atoms with Crippen LogP contribution in [0, 0.1) is 5.82 Å². The lowest BCUT2D eigenvalue weighted by Crippen LogP contribution is -2.45. The summed E-state index contributed by atoms with van der Waals surface area (Å²) < 4.78 is 16.1. The molecule has 8 heteroatoms. The minimum Gasteiger partial charge on any atom is -0.356 e. The first-order valence-electron chi connectivity index (χ1n) is 9.97. The van der Waals surface area contributed by atoms with Crippen LogP contribution in [0.25, 0.3) is 11.0 Å². The summed E-state index contributed by atoms with van der Waals surface area (Å²) in [5, 5.41) is 6.81. The van der Waals surface area contributed by atoms with Crippen molar-refractivity contribution in [3.63, 3.8) is 0 Å². The van der Waals surface area contributed by atoms with E-state index in [1.165, 1.54) is 6.07 Å². The van der Waals surface area contributed by atoms with Gasteiger partial charge < -0.3 is 20.1 Å². The molecule has 4 rings (SSSR count). The number of hydrogen-bond acceptors (Lipinski definition) is 4. The summed E-state index contributed by atoms with van der Waals surface area (Å²) in [5.41, 5.74) is 2.18. The number of rotatable bonds is 6. The van der Waals surface area contributed by atoms with Gasteiger partial charge in [-0.05, 0) is 37.1 Å². The molecule has 3 aromatic rings. The highest BCUT2D eigenvalue weighted by Gasteiger charge is 2.25. The summed E-state index contributed by atoms with van der Waals surface area (Å²) in [6.07, 6.45) is 5.39. The zero-order valence-electron chi connectivity index (χ0n) is 16.6. The van der Waals surface area contributed by atoms with Gasteiger partial charge in [-0.15, -0.1) is 0 Å². The second kappa shape index (κ2) is 8.89. The van der Waals surface area contributed by atoms with Crippen LogP contribution in [-0.4, -0.2) is 53.2 Å². The molecule has 0 saturated carbocycles. The van der Waals surface area contributed by atoms with Crippen LogP contribution in [0.2, 0.25) is 0 Å². The van der Waals surface area contributed by atoms with Crippen LogP contribution < -0.4 is 15.5 Å². The minimum absolute atomic E-state index is 0.209. The molecule has 2 N–H and O–H groups in total. The Morgan fingerprint density at radius 1 is 1.24 bits per heavy atom. The van der Waals surface area contributed by atoms with Crippen molar-refractivity contribution >= 4 is 22.8 Å². The number of guanidine groups is 1. The molecule has 1 atom stereocenters. The van der Waals surface area contributed by atoms with Crippen LogP contribution in [0.5, 0.6) is 0 Å². The predicted octanol–water partition coefficient (Wildman–Crippen LogP) is 2.40. The van der Waals surface area contributed by atoms with Crippen LogP contribution in [0.4, 0.5) is 10.2 Å². The number of pyridine rings is 1. The van der Waals surface area contributed by atoms with Crippen molar-refractivity contribution in [2.24, 2.45) is 4.99 Å². The standard InChI is InChI=1S/C21H26FN7/c1-23-21(25-11-5-12-29-15-26-18-7-2-3-8-19(18)29)27-16-9-13-28(14-16)20-17(22)6-4-10-24-20/h2-4,6-8,10,15-16H,5,9,11-14H2,1H3,(H2,23,25,27). The van der Waals surface area contributed by atoms with Crippen molar-refractivity contribution in [1.29, 1.82) is 0 Å². The highest BCUT2D eigenvalue weighted by atomic mass is 19.1. The molecule has 0 spiro atoms. The number of aryl methyl sites for hydroxylation is 1. The largest absolute Gasteiger partial charge is 0.356 e. The first-order chi connectivity index (χ1) is 14.2. The van der Waals surface area contributed by atoms with Crippen LogP contribution in [0.1, 0.15) is 12.8 Å². The van der Waals surface area contributed by atoms with E-state index >= 15 is 0 Å². The summed E-state index contributed by atoms with van der Waals surface area (Å²) in [7, 11) is 1.77. The van der Waals surface area contributed by atoms with Gasteiger partial charge in [0.1, 0.15) is 0 Å². The zero-order valence-corrected chi connectivity index (χ0v) is 16.6. The Kier molecular flexibility index (Phi) is 5.88. The van der Waals surface area contributed by atoms with Crippen LogP contribution in [0.15, 0.2) is 53.9 Å². The normalized spacial score (nSPS) is 17.1. The monoisotopic (exact) mass is 395 g/mol. The molecule has 1 aliphatic heterocycles. The summed E-state index contributed by atoms with van der Waals surface area (Å²) >= 11 is 0. The maximum atomic E-state index is 13.9. The Morgan fingerprint density at radius 3 is 3.00 bits per heavy atom. The molecule has 152 valence electrons. The number of benzene rings is 1. The van der Waals surface area contributed by atoms with Crippen LogP contribution in [-0.2, 0) is 6.54 Å². The third-order valence-electron chi connectivity index (χ3n) is 5.19. The molecule has 0 amide bonds. The van der Waals surface area contributed by atoms with Gasteiger partial charge in [-0.1, -0.05) is 12.1 Å². The molecule has 1 unspecified atom stereocenters. The van der Waals surface area contributed by atoms with Gasteiger partial charge in [-0.3, -0.25) is 4.99 Å². The van der Waals surface area contributed by atoms with Crippen molar-refractivity contribution < 1.29 is 4.39 Å². The zero-order chi connectivity index (χ0) is 20.1. The number of halogens is 1. The third kappa shape index (κ3) is 4.47. The van der Waals surface area contributed by atoms with Gasteiger partial charge in [0.25, 0.3) is 0 Å². The Hall–Kier alpha value is -3.16. The van der Waals surface area contributed by atoms with E-state index < -0.39 is 0 Å². The molecule has 1 saturated heterocycles.